The Labute approximate surface area is 73.1 Å². The Balaban J connectivity index is 3.07. The standard InChI is InChI=1S/C6H12O7/c7-3-1-2-4(8,9)6(12,13)5(3,10)11/h3,7-13H,1-2H2. The van der Waals surface area contributed by atoms with Crippen molar-refractivity contribution in [3.05, 3.63) is 0 Å². The second kappa shape index (κ2) is 2.61. The van der Waals surface area contributed by atoms with E-state index in [1.165, 1.54) is 0 Å². The van der Waals surface area contributed by atoms with Gasteiger partial charge in [0.2, 0.25) is 5.79 Å². The first-order valence-corrected chi connectivity index (χ1v) is 3.65. The summed E-state index contributed by atoms with van der Waals surface area (Å²) >= 11 is 0. The highest BCUT2D eigenvalue weighted by molar-refractivity contribution is 5.02. The van der Waals surface area contributed by atoms with Crippen molar-refractivity contribution >= 4 is 0 Å². The molecule has 1 aliphatic rings. The summed E-state index contributed by atoms with van der Waals surface area (Å²) < 4.78 is 0. The molecule has 0 aliphatic heterocycles. The van der Waals surface area contributed by atoms with E-state index in [1.807, 2.05) is 0 Å². The van der Waals surface area contributed by atoms with Gasteiger partial charge in [-0.25, -0.2) is 0 Å². The molecule has 7 N–H and O–H groups in total. The van der Waals surface area contributed by atoms with Crippen LogP contribution >= 0.6 is 0 Å². The van der Waals surface area contributed by atoms with Crippen LogP contribution in [-0.2, 0) is 0 Å². The number of rotatable bonds is 0. The summed E-state index contributed by atoms with van der Waals surface area (Å²) in [4.78, 5) is 0. The Hall–Kier alpha value is -0.280. The van der Waals surface area contributed by atoms with E-state index >= 15 is 0 Å². The Morgan fingerprint density at radius 3 is 1.77 bits per heavy atom. The Morgan fingerprint density at radius 2 is 1.38 bits per heavy atom. The van der Waals surface area contributed by atoms with E-state index in [2.05, 4.69) is 0 Å². The molecular weight excluding hydrogens is 184 g/mol. The van der Waals surface area contributed by atoms with Gasteiger partial charge in [0.1, 0.15) is 6.10 Å². The molecule has 7 nitrogen and oxygen atoms in total. The van der Waals surface area contributed by atoms with Gasteiger partial charge in [-0.15, -0.1) is 0 Å². The summed E-state index contributed by atoms with van der Waals surface area (Å²) in [6.45, 7) is 0. The van der Waals surface area contributed by atoms with Crippen LogP contribution in [-0.4, -0.2) is 59.2 Å². The molecule has 0 amide bonds. The van der Waals surface area contributed by atoms with Gasteiger partial charge in [0, 0.05) is 6.42 Å². The molecule has 0 spiro atoms. The molecule has 0 aromatic rings. The highest BCUT2D eigenvalue weighted by Gasteiger charge is 2.67. The van der Waals surface area contributed by atoms with Crippen molar-refractivity contribution < 1.29 is 35.7 Å². The number of aliphatic hydroxyl groups is 7. The van der Waals surface area contributed by atoms with E-state index in [4.69, 9.17) is 35.7 Å². The lowest BCUT2D eigenvalue weighted by Crippen LogP contribution is -2.75. The van der Waals surface area contributed by atoms with Crippen molar-refractivity contribution in [2.24, 2.45) is 0 Å². The molecule has 0 heterocycles. The van der Waals surface area contributed by atoms with Crippen LogP contribution in [0.5, 0.6) is 0 Å². The van der Waals surface area contributed by atoms with Gasteiger partial charge in [0.25, 0.3) is 11.6 Å². The molecular formula is C6H12O7. The highest BCUT2D eigenvalue weighted by Crippen LogP contribution is 2.39. The van der Waals surface area contributed by atoms with Gasteiger partial charge < -0.3 is 35.7 Å². The summed E-state index contributed by atoms with van der Waals surface area (Å²) in [5.41, 5.74) is 0. The van der Waals surface area contributed by atoms with Crippen LogP contribution in [0.4, 0.5) is 0 Å². The molecule has 1 fully saturated rings. The minimum atomic E-state index is -3.59. The SMILES string of the molecule is OC1CCC(O)(O)C(O)(O)C1(O)O. The lowest BCUT2D eigenvalue weighted by molar-refractivity contribution is -0.482. The fraction of sp³-hybridized carbons (Fsp3) is 1.00. The number of hydrogen-bond donors (Lipinski definition) is 7. The van der Waals surface area contributed by atoms with Gasteiger partial charge in [-0.1, -0.05) is 0 Å². The third-order valence-electron chi connectivity index (χ3n) is 2.30. The zero-order valence-electron chi connectivity index (χ0n) is 6.62. The van der Waals surface area contributed by atoms with Crippen molar-refractivity contribution in [3.8, 4) is 0 Å². The van der Waals surface area contributed by atoms with Crippen LogP contribution in [0.2, 0.25) is 0 Å². The first-order chi connectivity index (χ1) is 5.63. The molecule has 1 rings (SSSR count). The van der Waals surface area contributed by atoms with E-state index in [0.29, 0.717) is 0 Å². The van der Waals surface area contributed by atoms with Crippen molar-refractivity contribution in [2.75, 3.05) is 0 Å². The van der Waals surface area contributed by atoms with Crippen LogP contribution in [0.25, 0.3) is 0 Å². The molecule has 13 heavy (non-hydrogen) atoms. The maximum absolute atomic E-state index is 9.00. The summed E-state index contributed by atoms with van der Waals surface area (Å²) in [7, 11) is 0. The molecule has 1 atom stereocenters. The largest absolute Gasteiger partial charge is 0.387 e. The lowest BCUT2D eigenvalue weighted by Gasteiger charge is -2.48. The average molecular weight is 196 g/mol. The maximum atomic E-state index is 9.00. The third-order valence-corrected chi connectivity index (χ3v) is 2.30. The molecule has 0 radical (unpaired) electrons. The maximum Gasteiger partial charge on any atom is 0.276 e. The van der Waals surface area contributed by atoms with Crippen molar-refractivity contribution in [1.29, 1.82) is 0 Å². The van der Waals surface area contributed by atoms with Crippen LogP contribution in [0.3, 0.4) is 0 Å². The summed E-state index contributed by atoms with van der Waals surface area (Å²) in [6, 6.07) is 0. The molecule has 0 aromatic heterocycles. The molecule has 7 heteroatoms. The smallest absolute Gasteiger partial charge is 0.276 e. The summed E-state index contributed by atoms with van der Waals surface area (Å²) in [5.74, 6) is -10.0. The van der Waals surface area contributed by atoms with Crippen LogP contribution < -0.4 is 0 Å². The first kappa shape index (κ1) is 10.8. The minimum absolute atomic E-state index is 0.372. The Morgan fingerprint density at radius 1 is 0.923 bits per heavy atom. The molecule has 1 unspecified atom stereocenters. The van der Waals surface area contributed by atoms with E-state index in [-0.39, 0.29) is 6.42 Å². The Kier molecular flexibility index (Phi) is 2.17. The lowest BCUT2D eigenvalue weighted by atomic mass is 9.81. The normalized spacial score (nSPS) is 35.8. The molecule has 1 saturated carbocycles. The predicted octanol–water partition coefficient (Wildman–Crippen LogP) is -3.82. The van der Waals surface area contributed by atoms with E-state index in [1.54, 1.807) is 0 Å². The van der Waals surface area contributed by atoms with Crippen LogP contribution in [0, 0.1) is 0 Å². The van der Waals surface area contributed by atoms with E-state index in [0.717, 1.165) is 0 Å². The van der Waals surface area contributed by atoms with E-state index < -0.39 is 29.9 Å². The summed E-state index contributed by atoms with van der Waals surface area (Å²) in [6.07, 6.45) is -2.80. The number of hydrogen-bond acceptors (Lipinski definition) is 7. The third kappa shape index (κ3) is 1.25. The highest BCUT2D eigenvalue weighted by atomic mass is 16.7. The van der Waals surface area contributed by atoms with Gasteiger partial charge in [-0.2, -0.15) is 0 Å². The fourth-order valence-corrected chi connectivity index (χ4v) is 1.24. The molecule has 0 bridgehead atoms. The van der Waals surface area contributed by atoms with Crippen LogP contribution in [0.15, 0.2) is 0 Å². The molecule has 78 valence electrons. The summed E-state index contributed by atoms with van der Waals surface area (Å²) in [5, 5.41) is 62.9. The van der Waals surface area contributed by atoms with Gasteiger partial charge in [0.15, 0.2) is 0 Å². The zero-order valence-corrected chi connectivity index (χ0v) is 6.62. The van der Waals surface area contributed by atoms with Gasteiger partial charge in [-0.3, -0.25) is 0 Å². The average Bonchev–Trinajstić information content (AvgIpc) is 1.97. The second-order valence-electron chi connectivity index (χ2n) is 3.27. The zero-order chi connectivity index (χ0) is 10.5. The van der Waals surface area contributed by atoms with Gasteiger partial charge in [-0.05, 0) is 6.42 Å². The fourth-order valence-electron chi connectivity index (χ4n) is 1.24. The van der Waals surface area contributed by atoms with E-state index in [9.17, 15) is 0 Å². The first-order valence-electron chi connectivity index (χ1n) is 3.65. The van der Waals surface area contributed by atoms with Crippen molar-refractivity contribution in [2.45, 2.75) is 36.3 Å². The Bertz CT molecular complexity index is 209. The van der Waals surface area contributed by atoms with Crippen LogP contribution in [0.1, 0.15) is 12.8 Å². The topological polar surface area (TPSA) is 142 Å². The minimum Gasteiger partial charge on any atom is -0.387 e. The van der Waals surface area contributed by atoms with Crippen molar-refractivity contribution in [1.82, 2.24) is 0 Å². The van der Waals surface area contributed by atoms with Crippen molar-refractivity contribution in [3.63, 3.8) is 0 Å². The quantitative estimate of drug-likeness (QED) is 0.197. The van der Waals surface area contributed by atoms with Gasteiger partial charge >= 0.3 is 0 Å². The van der Waals surface area contributed by atoms with Gasteiger partial charge in [0.05, 0.1) is 0 Å². The molecule has 0 saturated heterocycles. The molecule has 1 aliphatic carbocycles. The predicted molar refractivity (Wildman–Crippen MR) is 36.7 cm³/mol. The number of aliphatic hydroxyl groups excluding tert-OH is 1. The molecule has 0 aromatic carbocycles. The second-order valence-corrected chi connectivity index (χ2v) is 3.27. The monoisotopic (exact) mass is 196 g/mol.